The first-order chi connectivity index (χ1) is 9.52. The van der Waals surface area contributed by atoms with Gasteiger partial charge in [0.25, 0.3) is 0 Å². The molecule has 0 radical (unpaired) electrons. The maximum Gasteiger partial charge on any atom is 0.157 e. The smallest absolute Gasteiger partial charge is 0.157 e. The van der Waals surface area contributed by atoms with E-state index in [1.807, 2.05) is 24.0 Å². The van der Waals surface area contributed by atoms with E-state index in [2.05, 4.69) is 42.2 Å². The molecule has 0 aliphatic rings. The number of aliphatic hydroxyl groups excluding tert-OH is 1. The molecule has 20 heavy (non-hydrogen) atoms. The number of hydrogen-bond donors (Lipinski definition) is 2. The molecule has 0 saturated heterocycles. The molecule has 0 aliphatic carbocycles. The summed E-state index contributed by atoms with van der Waals surface area (Å²) in [5.41, 5.74) is 2.07. The van der Waals surface area contributed by atoms with Crippen LogP contribution in [0.4, 0.5) is 0 Å². The largest absolute Gasteiger partial charge is 0.396 e. The van der Waals surface area contributed by atoms with Gasteiger partial charge in [0.05, 0.1) is 6.20 Å². The summed E-state index contributed by atoms with van der Waals surface area (Å²) in [6, 6.07) is 2.71. The normalized spacial score (nSPS) is 14.9. The van der Waals surface area contributed by atoms with Gasteiger partial charge in [-0.05, 0) is 38.3 Å². The third-order valence-electron chi connectivity index (χ3n) is 3.75. The van der Waals surface area contributed by atoms with Crippen LogP contribution in [0.3, 0.4) is 0 Å². The Morgan fingerprint density at radius 2 is 2.00 bits per heavy atom. The van der Waals surface area contributed by atoms with Gasteiger partial charge in [0.2, 0.25) is 0 Å². The average Bonchev–Trinajstić information content (AvgIpc) is 2.86. The molecule has 0 aliphatic heterocycles. The topological polar surface area (TPSA) is 63.0 Å². The van der Waals surface area contributed by atoms with Crippen molar-refractivity contribution in [3.63, 3.8) is 0 Å². The first-order valence-electron chi connectivity index (χ1n) is 7.19. The Bertz CT molecular complexity index is 564. The van der Waals surface area contributed by atoms with Gasteiger partial charge in [0.15, 0.2) is 5.65 Å². The molecule has 0 amide bonds. The Morgan fingerprint density at radius 1 is 1.25 bits per heavy atom. The summed E-state index contributed by atoms with van der Waals surface area (Å²) < 4.78 is 1.93. The maximum atomic E-state index is 9.14. The van der Waals surface area contributed by atoms with Gasteiger partial charge < -0.3 is 10.4 Å². The van der Waals surface area contributed by atoms with Crippen LogP contribution in [0, 0.1) is 5.92 Å². The van der Waals surface area contributed by atoms with Crippen molar-refractivity contribution in [2.45, 2.75) is 46.3 Å². The van der Waals surface area contributed by atoms with Crippen LogP contribution in [0.2, 0.25) is 0 Å². The molecule has 110 valence electrons. The quantitative estimate of drug-likeness (QED) is 0.848. The van der Waals surface area contributed by atoms with Crippen LogP contribution in [0.15, 0.2) is 18.5 Å². The molecule has 5 heteroatoms. The highest BCUT2D eigenvalue weighted by molar-refractivity contribution is 5.75. The van der Waals surface area contributed by atoms with Gasteiger partial charge in [-0.3, -0.25) is 0 Å². The van der Waals surface area contributed by atoms with Crippen LogP contribution in [0.1, 0.15) is 39.3 Å². The molecule has 0 spiro atoms. The van der Waals surface area contributed by atoms with Crippen molar-refractivity contribution < 1.29 is 5.11 Å². The van der Waals surface area contributed by atoms with Crippen molar-refractivity contribution in [3.8, 4) is 0 Å². The summed E-state index contributed by atoms with van der Waals surface area (Å²) in [6.45, 7) is 9.27. The zero-order chi connectivity index (χ0) is 14.7. The highest BCUT2D eigenvalue weighted by Crippen LogP contribution is 2.16. The second-order valence-electron chi connectivity index (χ2n) is 5.77. The standard InChI is InChI=1S/C15H24N4O/c1-10(2)19-15-14(8-18-19)5-13(7-17-15)6-16-12(4)11(3)9-20/h5,7-8,10-12,16,20H,6,9H2,1-4H3. The van der Waals surface area contributed by atoms with Gasteiger partial charge in [0.1, 0.15) is 0 Å². The number of hydrogen-bond acceptors (Lipinski definition) is 4. The Hall–Kier alpha value is -1.46. The minimum atomic E-state index is 0.201. The highest BCUT2D eigenvalue weighted by Gasteiger charge is 2.11. The van der Waals surface area contributed by atoms with Crippen molar-refractivity contribution in [2.75, 3.05) is 6.61 Å². The number of pyridine rings is 1. The zero-order valence-corrected chi connectivity index (χ0v) is 12.7. The van der Waals surface area contributed by atoms with E-state index in [1.165, 1.54) is 0 Å². The average molecular weight is 276 g/mol. The number of nitrogens with zero attached hydrogens (tertiary/aromatic N) is 3. The fourth-order valence-electron chi connectivity index (χ4n) is 2.10. The molecule has 5 nitrogen and oxygen atoms in total. The van der Waals surface area contributed by atoms with Crippen LogP contribution >= 0.6 is 0 Å². The van der Waals surface area contributed by atoms with E-state index in [0.717, 1.165) is 23.1 Å². The second kappa shape index (κ2) is 6.33. The van der Waals surface area contributed by atoms with Crippen molar-refractivity contribution in [3.05, 3.63) is 24.0 Å². The minimum Gasteiger partial charge on any atom is -0.396 e. The second-order valence-corrected chi connectivity index (χ2v) is 5.77. The summed E-state index contributed by atoms with van der Waals surface area (Å²) >= 11 is 0. The fraction of sp³-hybridized carbons (Fsp3) is 0.600. The maximum absolute atomic E-state index is 9.14. The van der Waals surface area contributed by atoms with Crippen LogP contribution in [0.25, 0.3) is 11.0 Å². The molecule has 2 aromatic rings. The number of aromatic nitrogens is 3. The Balaban J connectivity index is 2.09. The summed E-state index contributed by atoms with van der Waals surface area (Å²) in [6.07, 6.45) is 3.76. The molecule has 2 unspecified atom stereocenters. The summed E-state index contributed by atoms with van der Waals surface area (Å²) in [4.78, 5) is 4.52. The lowest BCUT2D eigenvalue weighted by molar-refractivity contribution is 0.207. The van der Waals surface area contributed by atoms with Crippen LogP contribution in [-0.4, -0.2) is 32.5 Å². The Kier molecular flexibility index (Phi) is 4.73. The van der Waals surface area contributed by atoms with E-state index >= 15 is 0 Å². The molecular weight excluding hydrogens is 252 g/mol. The van der Waals surface area contributed by atoms with Crippen LogP contribution in [-0.2, 0) is 6.54 Å². The van der Waals surface area contributed by atoms with E-state index in [1.54, 1.807) is 0 Å². The molecule has 0 fully saturated rings. The predicted octanol–water partition coefficient (Wildman–Crippen LogP) is 2.12. The predicted molar refractivity (Wildman–Crippen MR) is 80.5 cm³/mol. The van der Waals surface area contributed by atoms with E-state index in [-0.39, 0.29) is 18.6 Å². The van der Waals surface area contributed by atoms with Gasteiger partial charge in [-0.15, -0.1) is 0 Å². The third-order valence-corrected chi connectivity index (χ3v) is 3.75. The number of nitrogens with one attached hydrogen (secondary N) is 1. The SMILES string of the molecule is CC(CO)C(C)NCc1cnc2c(cnn2C(C)C)c1. The van der Waals surface area contributed by atoms with Crippen molar-refractivity contribution in [1.82, 2.24) is 20.1 Å². The number of aliphatic hydroxyl groups is 1. The lowest BCUT2D eigenvalue weighted by Gasteiger charge is -2.19. The lowest BCUT2D eigenvalue weighted by atomic mass is 10.1. The molecule has 0 bridgehead atoms. The first-order valence-corrected chi connectivity index (χ1v) is 7.19. The van der Waals surface area contributed by atoms with Crippen LogP contribution in [0.5, 0.6) is 0 Å². The van der Waals surface area contributed by atoms with E-state index < -0.39 is 0 Å². The Labute approximate surface area is 120 Å². The van der Waals surface area contributed by atoms with Gasteiger partial charge in [-0.2, -0.15) is 5.10 Å². The fourth-order valence-corrected chi connectivity index (χ4v) is 2.10. The molecule has 2 rings (SSSR count). The van der Waals surface area contributed by atoms with E-state index in [4.69, 9.17) is 5.11 Å². The van der Waals surface area contributed by atoms with Crippen molar-refractivity contribution >= 4 is 11.0 Å². The lowest BCUT2D eigenvalue weighted by Crippen LogP contribution is -2.33. The summed E-state index contributed by atoms with van der Waals surface area (Å²) in [5.74, 6) is 0.246. The highest BCUT2D eigenvalue weighted by atomic mass is 16.3. The molecular formula is C15H24N4O. The Morgan fingerprint density at radius 3 is 2.65 bits per heavy atom. The molecule has 2 aromatic heterocycles. The van der Waals surface area contributed by atoms with Crippen molar-refractivity contribution in [1.29, 1.82) is 0 Å². The molecule has 0 aromatic carbocycles. The number of rotatable bonds is 6. The van der Waals surface area contributed by atoms with Gasteiger partial charge in [-0.1, -0.05) is 6.92 Å². The first kappa shape index (κ1) is 14.9. The molecule has 0 saturated carbocycles. The molecule has 2 heterocycles. The van der Waals surface area contributed by atoms with E-state index in [9.17, 15) is 0 Å². The van der Waals surface area contributed by atoms with Crippen molar-refractivity contribution in [2.24, 2.45) is 5.92 Å². The third kappa shape index (κ3) is 3.16. The van der Waals surface area contributed by atoms with Gasteiger partial charge in [-0.25, -0.2) is 9.67 Å². The number of fused-ring (bicyclic) bond motifs is 1. The monoisotopic (exact) mass is 276 g/mol. The van der Waals surface area contributed by atoms with Gasteiger partial charge >= 0.3 is 0 Å². The molecule has 2 N–H and O–H groups in total. The molecule has 2 atom stereocenters. The van der Waals surface area contributed by atoms with E-state index in [0.29, 0.717) is 6.04 Å². The summed E-state index contributed by atoms with van der Waals surface area (Å²) in [7, 11) is 0. The zero-order valence-electron chi connectivity index (χ0n) is 12.7. The van der Waals surface area contributed by atoms with Crippen LogP contribution < -0.4 is 5.32 Å². The van der Waals surface area contributed by atoms with Gasteiger partial charge in [0, 0.05) is 36.8 Å². The summed E-state index contributed by atoms with van der Waals surface area (Å²) in [5, 5.41) is 18.0. The minimum absolute atomic E-state index is 0.201.